The Morgan fingerprint density at radius 1 is 1.30 bits per heavy atom. The third-order valence-corrected chi connectivity index (χ3v) is 6.65. The van der Waals surface area contributed by atoms with Crippen LogP contribution in [0.3, 0.4) is 0 Å². The molecular weight excluding hydrogens is 264 g/mol. The quantitative estimate of drug-likeness (QED) is 0.879. The van der Waals surface area contributed by atoms with Gasteiger partial charge in [0, 0.05) is 16.8 Å². The van der Waals surface area contributed by atoms with Crippen molar-refractivity contribution in [2.75, 3.05) is 0 Å². The first-order valence-corrected chi connectivity index (χ1v) is 8.79. The first-order valence-electron chi connectivity index (χ1n) is 7.97. The first kappa shape index (κ1) is 16.0. The molecule has 1 aromatic rings. The van der Waals surface area contributed by atoms with Crippen molar-refractivity contribution in [2.24, 2.45) is 17.1 Å². The molecule has 114 valence electrons. The Kier molecular flexibility index (Phi) is 4.60. The Bertz CT molecular complexity index is 434. The zero-order valence-electron chi connectivity index (χ0n) is 13.8. The van der Waals surface area contributed by atoms with Gasteiger partial charge in [0.15, 0.2) is 0 Å². The van der Waals surface area contributed by atoms with Gasteiger partial charge in [0.05, 0.1) is 10.7 Å². The molecule has 0 amide bonds. The Balaban J connectivity index is 1.98. The average Bonchev–Trinajstić information content (AvgIpc) is 2.68. The van der Waals surface area contributed by atoms with E-state index in [1.165, 1.54) is 34.8 Å². The van der Waals surface area contributed by atoms with Crippen LogP contribution in [0.1, 0.15) is 68.5 Å². The van der Waals surface area contributed by atoms with Crippen molar-refractivity contribution in [2.45, 2.75) is 78.7 Å². The second-order valence-corrected chi connectivity index (χ2v) is 8.69. The van der Waals surface area contributed by atoms with E-state index in [-0.39, 0.29) is 5.54 Å². The maximum Gasteiger partial charge on any atom is 0.0949 e. The lowest BCUT2D eigenvalue weighted by Gasteiger charge is -2.43. The number of hydrogen-bond acceptors (Lipinski definition) is 3. The second-order valence-electron chi connectivity index (χ2n) is 7.40. The van der Waals surface area contributed by atoms with Crippen molar-refractivity contribution >= 4 is 11.3 Å². The fraction of sp³-hybridized carbons (Fsp3) is 0.824. The molecule has 2 rings (SSSR count). The largest absolute Gasteiger partial charge is 0.325 e. The van der Waals surface area contributed by atoms with Crippen molar-refractivity contribution in [1.29, 1.82) is 0 Å². The maximum atomic E-state index is 6.66. The molecule has 0 radical (unpaired) electrons. The van der Waals surface area contributed by atoms with Crippen LogP contribution in [0, 0.1) is 25.2 Å². The molecule has 0 bridgehead atoms. The molecule has 1 aromatic heterocycles. The van der Waals surface area contributed by atoms with Gasteiger partial charge in [-0.1, -0.05) is 27.2 Å². The molecule has 1 aliphatic rings. The number of hydrogen-bond donors (Lipinski definition) is 1. The molecule has 0 aromatic carbocycles. The highest BCUT2D eigenvalue weighted by molar-refractivity contribution is 7.11. The van der Waals surface area contributed by atoms with Crippen LogP contribution in [0.2, 0.25) is 0 Å². The normalized spacial score (nSPS) is 27.8. The fourth-order valence-electron chi connectivity index (χ4n) is 3.36. The molecule has 0 unspecified atom stereocenters. The number of thiazole rings is 1. The SMILES string of the molecule is CCC(C)(C)C1CCC(N)(Cc2nc(C)c(C)s2)CC1. The number of rotatable bonds is 4. The average molecular weight is 295 g/mol. The van der Waals surface area contributed by atoms with Gasteiger partial charge >= 0.3 is 0 Å². The lowest BCUT2D eigenvalue weighted by molar-refractivity contribution is 0.115. The van der Waals surface area contributed by atoms with Gasteiger partial charge in [0.2, 0.25) is 0 Å². The van der Waals surface area contributed by atoms with Crippen LogP contribution < -0.4 is 5.73 Å². The summed E-state index contributed by atoms with van der Waals surface area (Å²) in [5.41, 5.74) is 8.29. The molecule has 3 heteroatoms. The monoisotopic (exact) mass is 294 g/mol. The molecule has 1 heterocycles. The van der Waals surface area contributed by atoms with Crippen LogP contribution in [-0.4, -0.2) is 10.5 Å². The number of nitrogens with two attached hydrogens (primary N) is 1. The minimum Gasteiger partial charge on any atom is -0.325 e. The van der Waals surface area contributed by atoms with Gasteiger partial charge in [-0.25, -0.2) is 4.98 Å². The van der Waals surface area contributed by atoms with Gasteiger partial charge in [-0.15, -0.1) is 11.3 Å². The maximum absolute atomic E-state index is 6.66. The third kappa shape index (κ3) is 3.43. The van der Waals surface area contributed by atoms with Gasteiger partial charge < -0.3 is 5.73 Å². The standard InChI is InChI=1S/C17H30N2S/c1-6-16(4,5)14-7-9-17(18,10-8-14)11-15-19-12(2)13(3)20-15/h14H,6-11,18H2,1-5H3. The summed E-state index contributed by atoms with van der Waals surface area (Å²) in [6.45, 7) is 11.4. The van der Waals surface area contributed by atoms with E-state index in [0.29, 0.717) is 5.41 Å². The Morgan fingerprint density at radius 2 is 1.90 bits per heavy atom. The number of nitrogens with zero attached hydrogens (tertiary/aromatic N) is 1. The minimum atomic E-state index is -0.0168. The van der Waals surface area contributed by atoms with E-state index in [9.17, 15) is 0 Å². The van der Waals surface area contributed by atoms with Crippen LogP contribution in [0.15, 0.2) is 0 Å². The van der Waals surface area contributed by atoms with Crippen molar-refractivity contribution < 1.29 is 0 Å². The summed E-state index contributed by atoms with van der Waals surface area (Å²) < 4.78 is 0. The highest BCUT2D eigenvalue weighted by atomic mass is 32.1. The summed E-state index contributed by atoms with van der Waals surface area (Å²) in [5, 5.41) is 1.23. The van der Waals surface area contributed by atoms with E-state index < -0.39 is 0 Å². The van der Waals surface area contributed by atoms with Crippen molar-refractivity contribution in [3.8, 4) is 0 Å². The van der Waals surface area contributed by atoms with E-state index in [0.717, 1.165) is 25.2 Å². The third-order valence-electron chi connectivity index (χ3n) is 5.57. The molecule has 0 spiro atoms. The molecule has 20 heavy (non-hydrogen) atoms. The van der Waals surface area contributed by atoms with Crippen LogP contribution in [0.5, 0.6) is 0 Å². The highest BCUT2D eigenvalue weighted by Crippen LogP contribution is 2.43. The summed E-state index contributed by atoms with van der Waals surface area (Å²) in [4.78, 5) is 6.01. The summed E-state index contributed by atoms with van der Waals surface area (Å²) in [7, 11) is 0. The number of aromatic nitrogens is 1. The van der Waals surface area contributed by atoms with Gasteiger partial charge in [-0.05, 0) is 50.9 Å². The van der Waals surface area contributed by atoms with Crippen LogP contribution in [-0.2, 0) is 6.42 Å². The lowest BCUT2D eigenvalue weighted by Crippen LogP contribution is -2.47. The Morgan fingerprint density at radius 3 is 2.35 bits per heavy atom. The second kappa shape index (κ2) is 5.76. The predicted molar refractivity (Wildman–Crippen MR) is 88.2 cm³/mol. The fourth-order valence-corrected chi connectivity index (χ4v) is 4.44. The van der Waals surface area contributed by atoms with E-state index >= 15 is 0 Å². The molecule has 2 N–H and O–H groups in total. The zero-order valence-corrected chi connectivity index (χ0v) is 14.6. The van der Waals surface area contributed by atoms with Crippen LogP contribution in [0.4, 0.5) is 0 Å². The minimum absolute atomic E-state index is 0.0168. The summed E-state index contributed by atoms with van der Waals surface area (Å²) in [6, 6.07) is 0. The molecule has 0 saturated heterocycles. The lowest BCUT2D eigenvalue weighted by atomic mass is 9.65. The van der Waals surface area contributed by atoms with E-state index in [1.807, 2.05) is 11.3 Å². The zero-order chi connectivity index (χ0) is 15.0. The van der Waals surface area contributed by atoms with E-state index in [4.69, 9.17) is 5.73 Å². The van der Waals surface area contributed by atoms with Crippen molar-refractivity contribution in [3.05, 3.63) is 15.6 Å². The summed E-state index contributed by atoms with van der Waals surface area (Å²) in [5.74, 6) is 0.837. The van der Waals surface area contributed by atoms with Crippen molar-refractivity contribution in [3.63, 3.8) is 0 Å². The van der Waals surface area contributed by atoms with E-state index in [1.54, 1.807) is 0 Å². The first-order chi connectivity index (χ1) is 9.26. The number of aryl methyl sites for hydroxylation is 2. The Hall–Kier alpha value is -0.410. The van der Waals surface area contributed by atoms with Gasteiger partial charge in [0.1, 0.15) is 0 Å². The van der Waals surface area contributed by atoms with Gasteiger partial charge in [0.25, 0.3) is 0 Å². The molecule has 2 nitrogen and oxygen atoms in total. The van der Waals surface area contributed by atoms with Gasteiger partial charge in [-0.2, -0.15) is 0 Å². The van der Waals surface area contributed by atoms with Crippen LogP contribution in [0.25, 0.3) is 0 Å². The molecule has 1 fully saturated rings. The summed E-state index contributed by atoms with van der Waals surface area (Å²) >= 11 is 1.83. The predicted octanol–water partition coefficient (Wildman–Crippen LogP) is 4.63. The molecule has 0 atom stereocenters. The van der Waals surface area contributed by atoms with E-state index in [2.05, 4.69) is 39.6 Å². The molecule has 1 saturated carbocycles. The smallest absolute Gasteiger partial charge is 0.0949 e. The topological polar surface area (TPSA) is 38.9 Å². The van der Waals surface area contributed by atoms with Gasteiger partial charge in [-0.3, -0.25) is 0 Å². The van der Waals surface area contributed by atoms with Crippen LogP contribution >= 0.6 is 11.3 Å². The molecular formula is C17H30N2S. The molecule has 0 aliphatic heterocycles. The highest BCUT2D eigenvalue weighted by Gasteiger charge is 2.37. The molecule has 1 aliphatic carbocycles. The van der Waals surface area contributed by atoms with Crippen molar-refractivity contribution in [1.82, 2.24) is 4.98 Å². The summed E-state index contributed by atoms with van der Waals surface area (Å²) in [6.07, 6.45) is 7.09. The Labute approximate surface area is 128 Å².